The lowest BCUT2D eigenvalue weighted by Gasteiger charge is -2.13. The number of methoxy groups -OCH3 is 1. The van der Waals surface area contributed by atoms with Gasteiger partial charge in [0.15, 0.2) is 16.7 Å². The first-order valence-corrected chi connectivity index (χ1v) is 13.0. The highest BCUT2D eigenvalue weighted by molar-refractivity contribution is 14.1. The fraction of sp³-hybridized carbons (Fsp3) is 0.154. The van der Waals surface area contributed by atoms with E-state index in [4.69, 9.17) is 25.8 Å². The fourth-order valence-corrected chi connectivity index (χ4v) is 4.71. The highest BCUT2D eigenvalue weighted by Crippen LogP contribution is 2.38. The molecule has 0 atom stereocenters. The zero-order chi connectivity index (χ0) is 24.8. The number of thioether (sulfide) groups is 1. The Kier molecular flexibility index (Phi) is 8.59. The lowest BCUT2D eigenvalue weighted by Crippen LogP contribution is -2.19. The van der Waals surface area contributed by atoms with Crippen molar-refractivity contribution in [2.75, 3.05) is 13.7 Å². The molecule has 1 saturated heterocycles. The summed E-state index contributed by atoms with van der Waals surface area (Å²) >= 11 is 10.0. The molecule has 1 N–H and O–H groups in total. The van der Waals surface area contributed by atoms with Crippen molar-refractivity contribution in [3.05, 3.63) is 85.3 Å². The van der Waals surface area contributed by atoms with Crippen LogP contribution in [0, 0.1) is 3.57 Å². The van der Waals surface area contributed by atoms with Gasteiger partial charge in [-0.05, 0) is 107 Å². The molecule has 1 amide bonds. The van der Waals surface area contributed by atoms with Crippen LogP contribution in [0.5, 0.6) is 17.2 Å². The van der Waals surface area contributed by atoms with E-state index >= 15 is 0 Å². The molecular weight excluding hydrogens is 599 g/mol. The SMILES string of the molecule is CCOc1ccc(N=C2NC(=O)/C(=C\c3cc(Cl)c(OCc4ccc(I)cc4)c(OC)c3)S2)cc1. The Bertz CT molecular complexity index is 1280. The van der Waals surface area contributed by atoms with Crippen molar-refractivity contribution in [1.82, 2.24) is 5.32 Å². The predicted octanol–water partition coefficient (Wildman–Crippen LogP) is 6.82. The van der Waals surface area contributed by atoms with Gasteiger partial charge >= 0.3 is 0 Å². The topological polar surface area (TPSA) is 69.2 Å². The summed E-state index contributed by atoms with van der Waals surface area (Å²) in [6.07, 6.45) is 1.75. The van der Waals surface area contributed by atoms with Crippen LogP contribution in [-0.4, -0.2) is 24.8 Å². The maximum absolute atomic E-state index is 12.5. The third-order valence-corrected chi connectivity index (χ3v) is 6.78. The minimum atomic E-state index is -0.228. The maximum Gasteiger partial charge on any atom is 0.264 e. The molecule has 0 aliphatic carbocycles. The molecule has 35 heavy (non-hydrogen) atoms. The Labute approximate surface area is 226 Å². The van der Waals surface area contributed by atoms with Crippen LogP contribution in [0.4, 0.5) is 5.69 Å². The van der Waals surface area contributed by atoms with Crippen molar-refractivity contribution in [3.8, 4) is 17.2 Å². The van der Waals surface area contributed by atoms with E-state index in [2.05, 4.69) is 32.9 Å². The molecule has 6 nitrogen and oxygen atoms in total. The van der Waals surface area contributed by atoms with Crippen LogP contribution in [0.3, 0.4) is 0 Å². The van der Waals surface area contributed by atoms with E-state index in [1.54, 1.807) is 25.3 Å². The molecule has 0 spiro atoms. The Balaban J connectivity index is 1.49. The molecule has 3 aromatic rings. The third-order valence-electron chi connectivity index (χ3n) is 4.88. The number of amidine groups is 1. The van der Waals surface area contributed by atoms with Crippen molar-refractivity contribution in [2.45, 2.75) is 13.5 Å². The number of hydrogen-bond acceptors (Lipinski definition) is 6. The first-order valence-electron chi connectivity index (χ1n) is 10.7. The molecule has 1 heterocycles. The minimum Gasteiger partial charge on any atom is -0.494 e. The number of carbonyl (C=O) groups is 1. The van der Waals surface area contributed by atoms with E-state index in [9.17, 15) is 4.79 Å². The molecule has 1 aliphatic rings. The Hall–Kier alpha value is -2.69. The molecule has 9 heteroatoms. The van der Waals surface area contributed by atoms with Gasteiger partial charge in [-0.25, -0.2) is 4.99 Å². The summed E-state index contributed by atoms with van der Waals surface area (Å²) in [7, 11) is 1.55. The fourth-order valence-electron chi connectivity index (χ4n) is 3.23. The number of aliphatic imine (C=N–C) groups is 1. The van der Waals surface area contributed by atoms with Gasteiger partial charge in [-0.2, -0.15) is 0 Å². The second kappa shape index (κ2) is 11.8. The largest absolute Gasteiger partial charge is 0.494 e. The first-order chi connectivity index (χ1) is 16.9. The van der Waals surface area contributed by atoms with Crippen LogP contribution in [0.25, 0.3) is 6.08 Å². The number of rotatable bonds is 8. The van der Waals surface area contributed by atoms with E-state index in [1.807, 2.05) is 55.5 Å². The minimum absolute atomic E-state index is 0.228. The normalized spacial score (nSPS) is 15.4. The summed E-state index contributed by atoms with van der Waals surface area (Å²) in [4.78, 5) is 17.5. The summed E-state index contributed by atoms with van der Waals surface area (Å²) in [5.74, 6) is 1.49. The quantitative estimate of drug-likeness (QED) is 0.221. The predicted molar refractivity (Wildman–Crippen MR) is 150 cm³/mol. The average Bonchev–Trinajstić information content (AvgIpc) is 3.18. The lowest BCUT2D eigenvalue weighted by atomic mass is 10.1. The van der Waals surface area contributed by atoms with Crippen molar-refractivity contribution in [1.29, 1.82) is 0 Å². The van der Waals surface area contributed by atoms with Crippen LogP contribution < -0.4 is 19.5 Å². The number of amides is 1. The van der Waals surface area contributed by atoms with Gasteiger partial charge < -0.3 is 19.5 Å². The lowest BCUT2D eigenvalue weighted by molar-refractivity contribution is -0.115. The van der Waals surface area contributed by atoms with E-state index < -0.39 is 0 Å². The van der Waals surface area contributed by atoms with Crippen molar-refractivity contribution < 1.29 is 19.0 Å². The molecule has 3 aromatic carbocycles. The molecule has 1 aliphatic heterocycles. The zero-order valence-corrected chi connectivity index (χ0v) is 22.7. The number of nitrogens with zero attached hydrogens (tertiary/aromatic N) is 1. The van der Waals surface area contributed by atoms with E-state index in [1.165, 1.54) is 11.8 Å². The molecule has 0 radical (unpaired) electrons. The van der Waals surface area contributed by atoms with E-state index in [-0.39, 0.29) is 5.91 Å². The average molecular weight is 621 g/mol. The van der Waals surface area contributed by atoms with Gasteiger partial charge in [-0.3, -0.25) is 4.79 Å². The highest BCUT2D eigenvalue weighted by atomic mass is 127. The first kappa shape index (κ1) is 25.4. The van der Waals surface area contributed by atoms with Gasteiger partial charge in [0.1, 0.15) is 12.4 Å². The Morgan fingerprint density at radius 1 is 1.09 bits per heavy atom. The number of ether oxygens (including phenoxy) is 3. The van der Waals surface area contributed by atoms with Crippen LogP contribution in [0.2, 0.25) is 5.02 Å². The molecule has 0 bridgehead atoms. The molecule has 4 rings (SSSR count). The second-order valence-electron chi connectivity index (χ2n) is 7.36. The number of hydrogen-bond donors (Lipinski definition) is 1. The zero-order valence-electron chi connectivity index (χ0n) is 19.0. The molecule has 0 aromatic heterocycles. The van der Waals surface area contributed by atoms with Gasteiger partial charge in [0.05, 0.1) is 29.3 Å². The summed E-state index contributed by atoms with van der Waals surface area (Å²) in [5, 5.41) is 3.69. The number of carbonyl (C=O) groups excluding carboxylic acids is 1. The molecule has 0 saturated carbocycles. The Morgan fingerprint density at radius 3 is 2.51 bits per heavy atom. The van der Waals surface area contributed by atoms with E-state index in [0.29, 0.717) is 45.4 Å². The molecule has 0 unspecified atom stereocenters. The summed E-state index contributed by atoms with van der Waals surface area (Å²) in [6.45, 7) is 2.89. The van der Waals surface area contributed by atoms with Crippen molar-refractivity contribution >= 4 is 68.8 Å². The van der Waals surface area contributed by atoms with Crippen LogP contribution in [0.15, 0.2) is 70.6 Å². The standard InChI is InChI=1S/C26H22ClIN2O4S/c1-3-33-20-10-8-19(9-11-20)29-26-30-25(31)23(35-26)14-17-12-21(27)24(22(13-17)32-2)34-15-16-4-6-18(28)7-5-16/h4-14H,3,15H2,1-2H3,(H,29,30,31)/b23-14+. The van der Waals surface area contributed by atoms with Gasteiger partial charge in [0, 0.05) is 3.57 Å². The summed E-state index contributed by atoms with van der Waals surface area (Å²) in [6, 6.07) is 18.9. The van der Waals surface area contributed by atoms with Gasteiger partial charge in [0.2, 0.25) is 0 Å². The van der Waals surface area contributed by atoms with Crippen LogP contribution >= 0.6 is 46.0 Å². The molecule has 1 fully saturated rings. The molecular formula is C26H22ClIN2O4S. The second-order valence-corrected chi connectivity index (χ2v) is 10.0. The van der Waals surface area contributed by atoms with Gasteiger partial charge in [0.25, 0.3) is 5.91 Å². The van der Waals surface area contributed by atoms with Crippen LogP contribution in [0.1, 0.15) is 18.1 Å². The smallest absolute Gasteiger partial charge is 0.264 e. The Morgan fingerprint density at radius 2 is 1.83 bits per heavy atom. The molecule has 180 valence electrons. The summed E-state index contributed by atoms with van der Waals surface area (Å²) in [5.41, 5.74) is 2.46. The van der Waals surface area contributed by atoms with Crippen LogP contribution in [-0.2, 0) is 11.4 Å². The van der Waals surface area contributed by atoms with E-state index in [0.717, 1.165) is 20.6 Å². The summed E-state index contributed by atoms with van der Waals surface area (Å²) < 4.78 is 18.1. The van der Waals surface area contributed by atoms with Gasteiger partial charge in [-0.15, -0.1) is 0 Å². The monoisotopic (exact) mass is 620 g/mol. The van der Waals surface area contributed by atoms with Crippen molar-refractivity contribution in [3.63, 3.8) is 0 Å². The number of nitrogens with one attached hydrogen (secondary N) is 1. The number of benzene rings is 3. The van der Waals surface area contributed by atoms with Gasteiger partial charge in [-0.1, -0.05) is 23.7 Å². The third kappa shape index (κ3) is 6.71. The van der Waals surface area contributed by atoms with Crippen molar-refractivity contribution in [2.24, 2.45) is 4.99 Å². The maximum atomic E-state index is 12.5. The highest BCUT2D eigenvalue weighted by Gasteiger charge is 2.24. The number of halogens is 2.